The first-order chi connectivity index (χ1) is 9.24. The minimum atomic E-state index is 0.362. The second-order valence-electron chi connectivity index (χ2n) is 4.78. The topological polar surface area (TPSA) is 0 Å². The zero-order valence-electron chi connectivity index (χ0n) is 11.2. The summed E-state index contributed by atoms with van der Waals surface area (Å²) in [5.41, 5.74) is 2.77. The molecule has 0 bridgehead atoms. The lowest BCUT2D eigenvalue weighted by Crippen LogP contribution is -2.08. The van der Waals surface area contributed by atoms with E-state index < -0.39 is 0 Å². The first-order valence-electron chi connectivity index (χ1n) is 6.65. The van der Waals surface area contributed by atoms with Crippen molar-refractivity contribution in [1.82, 2.24) is 0 Å². The molecular formula is C17H20S2. The van der Waals surface area contributed by atoms with Crippen LogP contribution in [0.4, 0.5) is 0 Å². The second-order valence-corrected chi connectivity index (χ2v) is 7.40. The molecule has 0 fully saturated rings. The van der Waals surface area contributed by atoms with E-state index in [1.807, 2.05) is 11.8 Å². The SMILES string of the molecule is CC(Cc1ccccc1)SC(S)Cc1ccccc1. The van der Waals surface area contributed by atoms with Crippen molar-refractivity contribution in [2.75, 3.05) is 0 Å². The molecule has 0 spiro atoms. The van der Waals surface area contributed by atoms with Crippen molar-refractivity contribution in [3.63, 3.8) is 0 Å². The van der Waals surface area contributed by atoms with Crippen molar-refractivity contribution < 1.29 is 0 Å². The van der Waals surface area contributed by atoms with Crippen LogP contribution in [-0.2, 0) is 12.8 Å². The zero-order chi connectivity index (χ0) is 13.5. The Labute approximate surface area is 126 Å². The standard InChI is InChI=1S/C17H20S2/c1-14(12-15-8-4-2-5-9-15)19-17(18)13-16-10-6-3-7-11-16/h2-11,14,17-18H,12-13H2,1H3. The van der Waals surface area contributed by atoms with Gasteiger partial charge in [-0.05, 0) is 24.0 Å². The third-order valence-corrected chi connectivity index (χ3v) is 4.67. The molecule has 100 valence electrons. The maximum absolute atomic E-state index is 4.71. The Bertz CT molecular complexity index is 422. The van der Waals surface area contributed by atoms with Crippen LogP contribution in [0.3, 0.4) is 0 Å². The van der Waals surface area contributed by atoms with Crippen molar-refractivity contribution in [3.05, 3.63) is 71.8 Å². The molecule has 0 amide bonds. The molecule has 0 aliphatic carbocycles. The van der Waals surface area contributed by atoms with Crippen LogP contribution in [0.25, 0.3) is 0 Å². The van der Waals surface area contributed by atoms with Gasteiger partial charge in [-0.15, -0.1) is 11.8 Å². The summed E-state index contributed by atoms with van der Waals surface area (Å²) in [7, 11) is 0. The average Bonchev–Trinajstić information content (AvgIpc) is 2.40. The number of hydrogen-bond acceptors (Lipinski definition) is 2. The lowest BCUT2D eigenvalue weighted by molar-refractivity contribution is 0.935. The first kappa shape index (κ1) is 14.5. The molecule has 0 N–H and O–H groups in total. The fraction of sp³-hybridized carbons (Fsp3) is 0.294. The number of rotatable bonds is 6. The first-order valence-corrected chi connectivity index (χ1v) is 8.11. The maximum Gasteiger partial charge on any atom is 0.0515 e. The van der Waals surface area contributed by atoms with Gasteiger partial charge in [-0.25, -0.2) is 0 Å². The second kappa shape index (κ2) is 7.66. The van der Waals surface area contributed by atoms with Gasteiger partial charge in [0.1, 0.15) is 0 Å². The smallest absolute Gasteiger partial charge is 0.0515 e. The van der Waals surface area contributed by atoms with Gasteiger partial charge < -0.3 is 0 Å². The van der Waals surface area contributed by atoms with Gasteiger partial charge >= 0.3 is 0 Å². The predicted octanol–water partition coefficient (Wildman–Crippen LogP) is 4.85. The van der Waals surface area contributed by atoms with E-state index >= 15 is 0 Å². The third kappa shape index (κ3) is 5.33. The van der Waals surface area contributed by atoms with Crippen LogP contribution < -0.4 is 0 Å². The van der Waals surface area contributed by atoms with Crippen LogP contribution in [0.5, 0.6) is 0 Å². The van der Waals surface area contributed by atoms with Crippen molar-refractivity contribution >= 4 is 24.4 Å². The molecular weight excluding hydrogens is 268 g/mol. The van der Waals surface area contributed by atoms with Crippen LogP contribution >= 0.6 is 24.4 Å². The summed E-state index contributed by atoms with van der Waals surface area (Å²) in [6.45, 7) is 2.28. The highest BCUT2D eigenvalue weighted by Crippen LogP contribution is 2.26. The average molecular weight is 288 g/mol. The molecule has 0 aliphatic heterocycles. The largest absolute Gasteiger partial charge is 0.165 e. The highest BCUT2D eigenvalue weighted by atomic mass is 32.2. The van der Waals surface area contributed by atoms with Gasteiger partial charge in [0.05, 0.1) is 4.58 Å². The summed E-state index contributed by atoms with van der Waals surface area (Å²) in [5, 5.41) is 0.591. The highest BCUT2D eigenvalue weighted by molar-refractivity contribution is 8.10. The van der Waals surface area contributed by atoms with Gasteiger partial charge in [0.2, 0.25) is 0 Å². The molecule has 2 unspecified atom stereocenters. The summed E-state index contributed by atoms with van der Waals surface area (Å²) >= 11 is 6.66. The minimum absolute atomic E-state index is 0.362. The lowest BCUT2D eigenvalue weighted by atomic mass is 10.1. The summed E-state index contributed by atoms with van der Waals surface area (Å²) in [6.07, 6.45) is 2.13. The quantitative estimate of drug-likeness (QED) is 0.585. The molecule has 0 nitrogen and oxygen atoms in total. The molecule has 2 atom stereocenters. The monoisotopic (exact) mass is 288 g/mol. The van der Waals surface area contributed by atoms with E-state index in [-0.39, 0.29) is 0 Å². The van der Waals surface area contributed by atoms with Crippen LogP contribution in [0, 0.1) is 0 Å². The van der Waals surface area contributed by atoms with E-state index in [0.29, 0.717) is 9.83 Å². The van der Waals surface area contributed by atoms with Crippen molar-refractivity contribution in [3.8, 4) is 0 Å². The fourth-order valence-electron chi connectivity index (χ4n) is 2.13. The number of benzene rings is 2. The molecule has 19 heavy (non-hydrogen) atoms. The Hall–Kier alpha value is -0.860. The Morgan fingerprint density at radius 2 is 1.32 bits per heavy atom. The Morgan fingerprint density at radius 1 is 0.842 bits per heavy atom. The van der Waals surface area contributed by atoms with Gasteiger partial charge in [-0.1, -0.05) is 67.6 Å². The number of thiol groups is 1. The van der Waals surface area contributed by atoms with Crippen LogP contribution in [0.1, 0.15) is 18.1 Å². The molecule has 0 saturated carbocycles. The van der Waals surface area contributed by atoms with E-state index in [1.165, 1.54) is 11.1 Å². The minimum Gasteiger partial charge on any atom is -0.165 e. The molecule has 0 heterocycles. The van der Waals surface area contributed by atoms with Gasteiger partial charge in [-0.2, -0.15) is 12.6 Å². The molecule has 2 aromatic carbocycles. The summed E-state index contributed by atoms with van der Waals surface area (Å²) in [6, 6.07) is 21.3. The lowest BCUT2D eigenvalue weighted by Gasteiger charge is -2.16. The summed E-state index contributed by atoms with van der Waals surface area (Å²) < 4.78 is 0.362. The van der Waals surface area contributed by atoms with E-state index in [9.17, 15) is 0 Å². The predicted molar refractivity (Wildman–Crippen MR) is 90.1 cm³/mol. The van der Waals surface area contributed by atoms with E-state index in [1.54, 1.807) is 0 Å². The zero-order valence-corrected chi connectivity index (χ0v) is 12.9. The summed E-state index contributed by atoms with van der Waals surface area (Å²) in [4.78, 5) is 0. The molecule has 0 aromatic heterocycles. The number of hydrogen-bond donors (Lipinski definition) is 1. The third-order valence-electron chi connectivity index (χ3n) is 3.01. The van der Waals surface area contributed by atoms with E-state index in [4.69, 9.17) is 12.6 Å². The Kier molecular flexibility index (Phi) is 5.87. The maximum atomic E-state index is 4.71. The fourth-order valence-corrected chi connectivity index (χ4v) is 4.07. The molecule has 0 saturated heterocycles. The van der Waals surface area contributed by atoms with Crippen molar-refractivity contribution in [1.29, 1.82) is 0 Å². The summed E-state index contributed by atoms with van der Waals surface area (Å²) in [5.74, 6) is 0. The highest BCUT2D eigenvalue weighted by Gasteiger charge is 2.11. The van der Waals surface area contributed by atoms with Crippen LogP contribution in [-0.4, -0.2) is 9.83 Å². The molecule has 0 aliphatic rings. The molecule has 2 rings (SSSR count). The molecule has 2 aromatic rings. The van der Waals surface area contributed by atoms with E-state index in [0.717, 1.165) is 12.8 Å². The Balaban J connectivity index is 1.80. The van der Waals surface area contributed by atoms with E-state index in [2.05, 4.69) is 67.6 Å². The molecule has 2 heteroatoms. The van der Waals surface area contributed by atoms with Crippen molar-refractivity contribution in [2.45, 2.75) is 29.6 Å². The van der Waals surface area contributed by atoms with Gasteiger partial charge in [0.15, 0.2) is 0 Å². The normalized spacial score (nSPS) is 14.0. The Morgan fingerprint density at radius 3 is 1.84 bits per heavy atom. The van der Waals surface area contributed by atoms with Gasteiger partial charge in [0.25, 0.3) is 0 Å². The van der Waals surface area contributed by atoms with Crippen molar-refractivity contribution in [2.24, 2.45) is 0 Å². The number of thioether (sulfide) groups is 1. The molecule has 0 radical (unpaired) electrons. The van der Waals surface area contributed by atoms with Crippen LogP contribution in [0.15, 0.2) is 60.7 Å². The van der Waals surface area contributed by atoms with Gasteiger partial charge in [0, 0.05) is 5.25 Å². The van der Waals surface area contributed by atoms with Gasteiger partial charge in [-0.3, -0.25) is 0 Å². The van der Waals surface area contributed by atoms with Crippen LogP contribution in [0.2, 0.25) is 0 Å².